The van der Waals surface area contributed by atoms with Gasteiger partial charge >= 0.3 is 0 Å². The molecule has 0 saturated heterocycles. The molecule has 4 nitrogen and oxygen atoms in total. The van der Waals surface area contributed by atoms with E-state index in [0.29, 0.717) is 0 Å². The molecule has 3 heterocycles. The topological polar surface area (TPSA) is 46.6 Å². The fourth-order valence-corrected chi connectivity index (χ4v) is 3.78. The molecule has 0 fully saturated rings. The number of aromatic nitrogens is 2. The van der Waals surface area contributed by atoms with Crippen LogP contribution in [0.1, 0.15) is 23.7 Å². The molecule has 3 aromatic rings. The van der Waals surface area contributed by atoms with Crippen molar-refractivity contribution >= 4 is 22.1 Å². The van der Waals surface area contributed by atoms with Gasteiger partial charge in [-0.2, -0.15) is 0 Å². The largest absolute Gasteiger partial charge is 0.346 e. The summed E-state index contributed by atoms with van der Waals surface area (Å²) in [5.41, 5.74) is 10.1. The maximum atomic E-state index is 6.04. The highest BCUT2D eigenvalue weighted by atomic mass is 32.1. The third kappa shape index (κ3) is 2.13. The van der Waals surface area contributed by atoms with Crippen LogP contribution in [0.25, 0.3) is 4.96 Å². The second kappa shape index (κ2) is 4.86. The Hall–Kier alpha value is -1.85. The molecule has 0 bridgehead atoms. The molecule has 1 atom stereocenters. The molecular weight excluding hydrogens is 280 g/mol. The first-order chi connectivity index (χ1) is 10.2. The molecule has 4 rings (SSSR count). The van der Waals surface area contributed by atoms with Gasteiger partial charge in [0.05, 0.1) is 5.69 Å². The van der Waals surface area contributed by atoms with E-state index >= 15 is 0 Å². The molecule has 1 aromatic carbocycles. The van der Waals surface area contributed by atoms with E-state index in [4.69, 9.17) is 10.7 Å². The monoisotopic (exact) mass is 298 g/mol. The molecule has 0 aliphatic carbocycles. The predicted octanol–water partition coefficient (Wildman–Crippen LogP) is 2.81. The summed E-state index contributed by atoms with van der Waals surface area (Å²) in [6.45, 7) is 3.92. The fourth-order valence-electron chi connectivity index (χ4n) is 3.05. The summed E-state index contributed by atoms with van der Waals surface area (Å²) in [6.07, 6.45) is 2.94. The lowest BCUT2D eigenvalue weighted by atomic mass is 10.1. The number of hydrogen-bond donors (Lipinski definition) is 1. The third-order valence-corrected chi connectivity index (χ3v) is 4.75. The van der Waals surface area contributed by atoms with Gasteiger partial charge in [0.15, 0.2) is 10.8 Å². The Kier molecular flexibility index (Phi) is 2.97. The number of rotatable bonds is 3. The number of nitrogens with zero attached hydrogens (tertiary/aromatic N) is 3. The molecule has 2 aromatic heterocycles. The summed E-state index contributed by atoms with van der Waals surface area (Å²) in [6, 6.07) is 8.76. The van der Waals surface area contributed by atoms with Gasteiger partial charge in [0, 0.05) is 37.1 Å². The van der Waals surface area contributed by atoms with E-state index in [1.54, 1.807) is 11.3 Å². The summed E-state index contributed by atoms with van der Waals surface area (Å²) in [5, 5.41) is 2.08. The molecule has 5 heteroatoms. The molecule has 0 amide bonds. The molecule has 108 valence electrons. The van der Waals surface area contributed by atoms with Crippen LogP contribution in [0.2, 0.25) is 0 Å². The maximum Gasteiger partial charge on any atom is 0.195 e. The van der Waals surface area contributed by atoms with Gasteiger partial charge in [-0.3, -0.25) is 4.40 Å². The average Bonchev–Trinajstić information content (AvgIpc) is 3.12. The van der Waals surface area contributed by atoms with Gasteiger partial charge in [-0.05, 0) is 18.1 Å². The van der Waals surface area contributed by atoms with Crippen LogP contribution in [0.15, 0.2) is 35.8 Å². The minimum Gasteiger partial charge on any atom is -0.346 e. The van der Waals surface area contributed by atoms with E-state index in [9.17, 15) is 0 Å². The predicted molar refractivity (Wildman–Crippen MR) is 86.8 cm³/mol. The highest BCUT2D eigenvalue weighted by Crippen LogP contribution is 2.32. The number of imidazole rings is 1. The summed E-state index contributed by atoms with van der Waals surface area (Å²) in [4.78, 5) is 8.26. The van der Waals surface area contributed by atoms with Crippen molar-refractivity contribution in [3.05, 3.63) is 52.7 Å². The van der Waals surface area contributed by atoms with E-state index in [1.807, 2.05) is 6.92 Å². The number of nitrogens with two attached hydrogens (primary N) is 1. The lowest BCUT2D eigenvalue weighted by Crippen LogP contribution is -2.22. The van der Waals surface area contributed by atoms with Gasteiger partial charge in [0.25, 0.3) is 0 Å². The van der Waals surface area contributed by atoms with Crippen molar-refractivity contribution in [1.29, 1.82) is 0 Å². The lowest BCUT2D eigenvalue weighted by Gasteiger charge is -2.17. The molecular formula is C16H18N4S. The van der Waals surface area contributed by atoms with Crippen molar-refractivity contribution in [2.75, 3.05) is 4.90 Å². The standard InChI is InChI=1S/C16H18N4S/c1-11(17)8-14-15(18-16-20(14)6-7-21-16)19-9-12-4-2-3-5-13(12)10-19/h2-7,11H,8-10,17H2,1H3. The second-order valence-electron chi connectivity index (χ2n) is 5.74. The van der Waals surface area contributed by atoms with E-state index in [0.717, 1.165) is 30.3 Å². The normalized spacial score (nSPS) is 15.6. The van der Waals surface area contributed by atoms with Crippen LogP contribution in [0.3, 0.4) is 0 Å². The summed E-state index contributed by atoms with van der Waals surface area (Å²) in [5.74, 6) is 1.09. The Morgan fingerprint density at radius 1 is 1.29 bits per heavy atom. The number of benzene rings is 1. The van der Waals surface area contributed by atoms with Gasteiger partial charge < -0.3 is 10.6 Å². The van der Waals surface area contributed by atoms with Crippen LogP contribution in [-0.2, 0) is 19.5 Å². The van der Waals surface area contributed by atoms with Crippen LogP contribution in [0.5, 0.6) is 0 Å². The number of hydrogen-bond acceptors (Lipinski definition) is 4. The zero-order valence-corrected chi connectivity index (χ0v) is 12.8. The molecule has 0 spiro atoms. The van der Waals surface area contributed by atoms with Crippen molar-refractivity contribution in [1.82, 2.24) is 9.38 Å². The molecule has 1 unspecified atom stereocenters. The number of fused-ring (bicyclic) bond motifs is 2. The Morgan fingerprint density at radius 3 is 2.67 bits per heavy atom. The van der Waals surface area contributed by atoms with Crippen molar-refractivity contribution in [3.63, 3.8) is 0 Å². The maximum absolute atomic E-state index is 6.04. The van der Waals surface area contributed by atoms with Crippen LogP contribution in [0, 0.1) is 0 Å². The van der Waals surface area contributed by atoms with Crippen LogP contribution in [0.4, 0.5) is 5.82 Å². The molecule has 2 N–H and O–H groups in total. The van der Waals surface area contributed by atoms with Crippen molar-refractivity contribution in [2.24, 2.45) is 5.73 Å². The minimum atomic E-state index is 0.133. The smallest absolute Gasteiger partial charge is 0.195 e. The van der Waals surface area contributed by atoms with E-state index < -0.39 is 0 Å². The summed E-state index contributed by atoms with van der Waals surface area (Å²) in [7, 11) is 0. The highest BCUT2D eigenvalue weighted by Gasteiger charge is 2.25. The Morgan fingerprint density at radius 2 is 2.00 bits per heavy atom. The fraction of sp³-hybridized carbons (Fsp3) is 0.312. The number of thiazole rings is 1. The third-order valence-electron chi connectivity index (χ3n) is 4.00. The van der Waals surface area contributed by atoms with Gasteiger partial charge in [-0.1, -0.05) is 24.3 Å². The Labute approximate surface area is 127 Å². The summed E-state index contributed by atoms with van der Waals surface area (Å²) < 4.78 is 2.19. The van der Waals surface area contributed by atoms with Gasteiger partial charge in [0.1, 0.15) is 0 Å². The van der Waals surface area contributed by atoms with Gasteiger partial charge in [0.2, 0.25) is 0 Å². The molecule has 0 radical (unpaired) electrons. The first-order valence-corrected chi connectivity index (χ1v) is 8.12. The minimum absolute atomic E-state index is 0.133. The second-order valence-corrected chi connectivity index (χ2v) is 6.62. The Balaban J connectivity index is 1.75. The Bertz CT molecular complexity index is 762. The van der Waals surface area contributed by atoms with Crippen LogP contribution < -0.4 is 10.6 Å². The molecule has 0 saturated carbocycles. The quantitative estimate of drug-likeness (QED) is 0.809. The van der Waals surface area contributed by atoms with E-state index in [-0.39, 0.29) is 6.04 Å². The highest BCUT2D eigenvalue weighted by molar-refractivity contribution is 7.15. The zero-order valence-electron chi connectivity index (χ0n) is 12.0. The molecule has 1 aliphatic rings. The first-order valence-electron chi connectivity index (χ1n) is 7.24. The van der Waals surface area contributed by atoms with Crippen molar-refractivity contribution < 1.29 is 0 Å². The van der Waals surface area contributed by atoms with Crippen molar-refractivity contribution in [3.8, 4) is 0 Å². The van der Waals surface area contributed by atoms with Crippen molar-refractivity contribution in [2.45, 2.75) is 32.5 Å². The van der Waals surface area contributed by atoms with E-state index in [2.05, 4.69) is 45.1 Å². The van der Waals surface area contributed by atoms with Crippen LogP contribution >= 0.6 is 11.3 Å². The average molecular weight is 298 g/mol. The molecule has 1 aliphatic heterocycles. The summed E-state index contributed by atoms with van der Waals surface area (Å²) >= 11 is 1.68. The van der Waals surface area contributed by atoms with Crippen LogP contribution in [-0.4, -0.2) is 15.4 Å². The zero-order chi connectivity index (χ0) is 14.4. The number of anilines is 1. The van der Waals surface area contributed by atoms with E-state index in [1.165, 1.54) is 16.8 Å². The first kappa shape index (κ1) is 12.9. The SMILES string of the molecule is CC(N)Cc1c(N2Cc3ccccc3C2)nc2sccn12. The molecule has 21 heavy (non-hydrogen) atoms. The lowest BCUT2D eigenvalue weighted by molar-refractivity contribution is 0.711. The van der Waals surface area contributed by atoms with Gasteiger partial charge in [-0.25, -0.2) is 4.98 Å². The van der Waals surface area contributed by atoms with Gasteiger partial charge in [-0.15, -0.1) is 11.3 Å².